The number of esters is 1. The van der Waals surface area contributed by atoms with Crippen molar-refractivity contribution in [1.29, 1.82) is 0 Å². The maximum Gasteiger partial charge on any atom is 0.338 e. The topological polar surface area (TPSA) is 107 Å². The van der Waals surface area contributed by atoms with Gasteiger partial charge in [-0.25, -0.2) is 18.2 Å². The Hall–Kier alpha value is -2.98. The first-order valence-corrected chi connectivity index (χ1v) is 10.7. The van der Waals surface area contributed by atoms with Crippen molar-refractivity contribution >= 4 is 37.6 Å². The second-order valence-corrected chi connectivity index (χ2v) is 8.15. The molecule has 0 saturated carbocycles. The molecule has 3 aromatic rings. The summed E-state index contributed by atoms with van der Waals surface area (Å²) in [6.45, 7) is 1.92. The van der Waals surface area contributed by atoms with E-state index in [0.717, 1.165) is 0 Å². The van der Waals surface area contributed by atoms with Crippen LogP contribution in [0.1, 0.15) is 17.3 Å². The van der Waals surface area contributed by atoms with Gasteiger partial charge in [-0.2, -0.15) is 0 Å². The molecule has 0 amide bonds. The van der Waals surface area contributed by atoms with Crippen molar-refractivity contribution in [3.8, 4) is 11.6 Å². The highest BCUT2D eigenvalue weighted by Crippen LogP contribution is 2.28. The van der Waals surface area contributed by atoms with Gasteiger partial charge in [-0.1, -0.05) is 6.07 Å². The lowest BCUT2D eigenvalue weighted by molar-refractivity contribution is 0.0526. The molecule has 1 heterocycles. The predicted molar refractivity (Wildman–Crippen MR) is 109 cm³/mol. The average Bonchev–Trinajstić information content (AvgIpc) is 2.68. The number of rotatable bonds is 7. The van der Waals surface area contributed by atoms with Gasteiger partial charge < -0.3 is 9.47 Å². The fourth-order valence-electron chi connectivity index (χ4n) is 2.35. The third-order valence-electron chi connectivity index (χ3n) is 3.58. The van der Waals surface area contributed by atoms with E-state index in [4.69, 9.17) is 9.47 Å². The van der Waals surface area contributed by atoms with Crippen molar-refractivity contribution in [1.82, 2.24) is 9.97 Å². The van der Waals surface area contributed by atoms with Crippen LogP contribution in [0.5, 0.6) is 11.6 Å². The molecule has 0 fully saturated rings. The van der Waals surface area contributed by atoms with Crippen LogP contribution in [0.4, 0.5) is 5.69 Å². The van der Waals surface area contributed by atoms with Crippen molar-refractivity contribution in [3.63, 3.8) is 0 Å². The lowest BCUT2D eigenvalue weighted by Crippen LogP contribution is -2.14. The molecule has 0 spiro atoms. The molecule has 1 N–H and O–H groups in total. The van der Waals surface area contributed by atoms with E-state index in [1.807, 2.05) is 0 Å². The Morgan fingerprint density at radius 2 is 2.00 bits per heavy atom. The lowest BCUT2D eigenvalue weighted by atomic mass is 10.2. The quantitative estimate of drug-likeness (QED) is 0.512. The zero-order valence-electron chi connectivity index (χ0n) is 15.2. The largest absolute Gasteiger partial charge is 0.462 e. The smallest absolute Gasteiger partial charge is 0.338 e. The van der Waals surface area contributed by atoms with E-state index >= 15 is 0 Å². The van der Waals surface area contributed by atoms with Gasteiger partial charge >= 0.3 is 5.97 Å². The number of benzene rings is 2. The summed E-state index contributed by atoms with van der Waals surface area (Å²) in [6, 6.07) is 10.5. The molecular formula is C19H16BrN3O5S. The Morgan fingerprint density at radius 3 is 2.69 bits per heavy atom. The van der Waals surface area contributed by atoms with Crippen LogP contribution in [0.2, 0.25) is 0 Å². The first kappa shape index (κ1) is 20.7. The molecule has 3 rings (SSSR count). The minimum absolute atomic E-state index is 0.0224. The molecule has 1 aromatic heterocycles. The molecule has 0 bridgehead atoms. The molecule has 8 nitrogen and oxygen atoms in total. The van der Waals surface area contributed by atoms with E-state index in [2.05, 4.69) is 30.6 Å². The van der Waals surface area contributed by atoms with Crippen LogP contribution in [0.15, 0.2) is 70.4 Å². The molecule has 0 aliphatic heterocycles. The number of hydrogen-bond donors (Lipinski definition) is 1. The number of halogens is 1. The van der Waals surface area contributed by atoms with Gasteiger partial charge in [-0.05, 0) is 53.2 Å². The monoisotopic (exact) mass is 477 g/mol. The number of sulfonamides is 1. The van der Waals surface area contributed by atoms with Crippen molar-refractivity contribution in [3.05, 3.63) is 71.1 Å². The van der Waals surface area contributed by atoms with Gasteiger partial charge in [0, 0.05) is 22.9 Å². The molecule has 0 aliphatic rings. The molecule has 0 radical (unpaired) electrons. The minimum atomic E-state index is -3.92. The van der Waals surface area contributed by atoms with Crippen molar-refractivity contribution in [2.24, 2.45) is 0 Å². The maximum absolute atomic E-state index is 12.8. The molecule has 0 atom stereocenters. The standard InChI is InChI=1S/C19H16BrN3O5S/c1-2-27-19(24)13-6-7-17(16(20)10-13)29(25,26)23-14-4-3-5-15(11-14)28-18-12-21-8-9-22-18/h3-12,23H,2H2,1H3. The van der Waals surface area contributed by atoms with Crippen LogP contribution >= 0.6 is 15.9 Å². The first-order valence-electron chi connectivity index (χ1n) is 8.42. The average molecular weight is 478 g/mol. The number of aromatic nitrogens is 2. The zero-order chi connectivity index (χ0) is 20.9. The van der Waals surface area contributed by atoms with Crippen LogP contribution in [-0.4, -0.2) is 31.0 Å². The summed E-state index contributed by atoms with van der Waals surface area (Å²) in [7, 11) is -3.92. The number of nitrogens with zero attached hydrogens (tertiary/aromatic N) is 2. The summed E-state index contributed by atoms with van der Waals surface area (Å²) in [6.07, 6.45) is 4.45. The highest BCUT2D eigenvalue weighted by Gasteiger charge is 2.20. The number of nitrogens with one attached hydrogen (secondary N) is 1. The van der Waals surface area contributed by atoms with Crippen LogP contribution in [0.25, 0.3) is 0 Å². The molecule has 0 saturated heterocycles. The third kappa shape index (κ3) is 5.30. The van der Waals surface area contributed by atoms with Gasteiger partial charge in [-0.15, -0.1) is 0 Å². The Labute approximate surface area is 176 Å². The van der Waals surface area contributed by atoms with Gasteiger partial charge in [0.25, 0.3) is 10.0 Å². The third-order valence-corrected chi connectivity index (χ3v) is 5.94. The number of carbonyl (C=O) groups is 1. The fourth-order valence-corrected chi connectivity index (χ4v) is 4.48. The van der Waals surface area contributed by atoms with E-state index in [-0.39, 0.29) is 27.4 Å². The summed E-state index contributed by atoms with van der Waals surface area (Å²) < 4.78 is 38.8. The summed E-state index contributed by atoms with van der Waals surface area (Å²) >= 11 is 3.21. The second-order valence-electron chi connectivity index (χ2n) is 5.64. The van der Waals surface area contributed by atoms with Crippen molar-refractivity contribution < 1.29 is 22.7 Å². The Morgan fingerprint density at radius 1 is 1.17 bits per heavy atom. The first-order chi connectivity index (χ1) is 13.9. The van der Waals surface area contributed by atoms with E-state index in [1.165, 1.54) is 42.9 Å². The summed E-state index contributed by atoms with van der Waals surface area (Å²) in [5.41, 5.74) is 0.546. The summed E-state index contributed by atoms with van der Waals surface area (Å²) in [5, 5.41) is 0. The molecule has 0 unspecified atom stereocenters. The van der Waals surface area contributed by atoms with Crippen LogP contribution in [0.3, 0.4) is 0 Å². The SMILES string of the molecule is CCOC(=O)c1ccc(S(=O)(=O)Nc2cccc(Oc3cnccn3)c2)c(Br)c1. The van der Waals surface area contributed by atoms with Crippen LogP contribution in [0, 0.1) is 0 Å². The van der Waals surface area contributed by atoms with Gasteiger partial charge in [0.1, 0.15) is 10.6 Å². The van der Waals surface area contributed by atoms with Crippen molar-refractivity contribution in [2.75, 3.05) is 11.3 Å². The number of anilines is 1. The highest BCUT2D eigenvalue weighted by molar-refractivity contribution is 9.10. The van der Waals surface area contributed by atoms with Gasteiger partial charge in [0.2, 0.25) is 5.88 Å². The minimum Gasteiger partial charge on any atom is -0.462 e. The van der Waals surface area contributed by atoms with E-state index < -0.39 is 16.0 Å². The lowest BCUT2D eigenvalue weighted by Gasteiger charge is -2.12. The molecule has 0 aliphatic carbocycles. The van der Waals surface area contributed by atoms with E-state index in [9.17, 15) is 13.2 Å². The highest BCUT2D eigenvalue weighted by atomic mass is 79.9. The molecule has 29 heavy (non-hydrogen) atoms. The summed E-state index contributed by atoms with van der Waals surface area (Å²) in [5.74, 6) is 0.145. The summed E-state index contributed by atoms with van der Waals surface area (Å²) in [4.78, 5) is 19.7. The number of ether oxygens (including phenoxy) is 2. The molecule has 10 heteroatoms. The number of hydrogen-bond acceptors (Lipinski definition) is 7. The van der Waals surface area contributed by atoms with Crippen molar-refractivity contribution in [2.45, 2.75) is 11.8 Å². The normalized spacial score (nSPS) is 11.0. The Kier molecular flexibility index (Phi) is 6.45. The Bertz CT molecular complexity index is 1120. The van der Waals surface area contributed by atoms with Gasteiger partial charge in [0.15, 0.2) is 0 Å². The molecule has 150 valence electrons. The zero-order valence-corrected chi connectivity index (χ0v) is 17.6. The molecular weight excluding hydrogens is 462 g/mol. The van der Waals surface area contributed by atoms with Crippen LogP contribution in [-0.2, 0) is 14.8 Å². The fraction of sp³-hybridized carbons (Fsp3) is 0.105. The van der Waals surface area contributed by atoms with Crippen LogP contribution < -0.4 is 9.46 Å². The van der Waals surface area contributed by atoms with Gasteiger partial charge in [-0.3, -0.25) is 9.71 Å². The predicted octanol–water partition coefficient (Wildman–Crippen LogP) is 4.01. The van der Waals surface area contributed by atoms with Gasteiger partial charge in [0.05, 0.1) is 24.1 Å². The van der Waals surface area contributed by atoms with E-state index in [1.54, 1.807) is 25.1 Å². The number of carbonyl (C=O) groups excluding carboxylic acids is 1. The van der Waals surface area contributed by atoms with E-state index in [0.29, 0.717) is 11.4 Å². The second kappa shape index (κ2) is 9.01. The maximum atomic E-state index is 12.8. The molecule has 2 aromatic carbocycles. The Balaban J connectivity index is 1.81.